The summed E-state index contributed by atoms with van der Waals surface area (Å²) in [6.07, 6.45) is 1.59. The molecule has 0 saturated carbocycles. The first-order chi connectivity index (χ1) is 8.25. The highest BCUT2D eigenvalue weighted by atomic mass is 35.5. The van der Waals surface area contributed by atoms with E-state index in [4.69, 9.17) is 26.2 Å². The van der Waals surface area contributed by atoms with Gasteiger partial charge in [0.05, 0.1) is 11.3 Å². The van der Waals surface area contributed by atoms with Gasteiger partial charge in [0.25, 0.3) is 0 Å². The molecule has 0 bridgehead atoms. The molecule has 0 aliphatic carbocycles. The molecule has 0 aliphatic heterocycles. The summed E-state index contributed by atoms with van der Waals surface area (Å²) in [6, 6.07) is 10.7. The fourth-order valence-electron chi connectivity index (χ4n) is 1.81. The van der Waals surface area contributed by atoms with E-state index >= 15 is 0 Å². The third kappa shape index (κ3) is 1.73. The SMILES string of the molecule is NC(c1ccco1)c1cc2cccc(Cl)c2o1. The standard InChI is InChI=1S/C13H10ClNO2/c14-9-4-1-3-8-7-11(17-13(8)9)12(15)10-5-2-6-16-10/h1-7,12H,15H2. The lowest BCUT2D eigenvalue weighted by Gasteiger charge is -2.03. The average Bonchev–Trinajstić information content (AvgIpc) is 2.98. The van der Waals surface area contributed by atoms with Crippen molar-refractivity contribution in [2.45, 2.75) is 6.04 Å². The second kappa shape index (κ2) is 3.95. The Morgan fingerprint density at radius 3 is 2.71 bits per heavy atom. The highest BCUT2D eigenvalue weighted by Gasteiger charge is 2.17. The molecule has 2 N–H and O–H groups in total. The predicted octanol–water partition coefficient (Wildman–Crippen LogP) is 3.73. The molecule has 17 heavy (non-hydrogen) atoms. The summed E-state index contributed by atoms with van der Waals surface area (Å²) in [7, 11) is 0. The number of furan rings is 2. The highest BCUT2D eigenvalue weighted by molar-refractivity contribution is 6.34. The van der Waals surface area contributed by atoms with E-state index in [2.05, 4.69) is 0 Å². The zero-order valence-electron chi connectivity index (χ0n) is 8.89. The monoisotopic (exact) mass is 247 g/mol. The Morgan fingerprint density at radius 2 is 2.00 bits per heavy atom. The first-order valence-electron chi connectivity index (χ1n) is 5.22. The second-order valence-electron chi connectivity index (χ2n) is 3.80. The molecule has 0 amide bonds. The summed E-state index contributed by atoms with van der Waals surface area (Å²) >= 11 is 6.04. The Labute approximate surface area is 103 Å². The van der Waals surface area contributed by atoms with E-state index in [-0.39, 0.29) is 0 Å². The molecule has 3 nitrogen and oxygen atoms in total. The highest BCUT2D eigenvalue weighted by Crippen LogP contribution is 2.30. The smallest absolute Gasteiger partial charge is 0.152 e. The molecule has 1 unspecified atom stereocenters. The molecule has 86 valence electrons. The summed E-state index contributed by atoms with van der Waals surface area (Å²) in [6.45, 7) is 0. The third-order valence-electron chi connectivity index (χ3n) is 2.67. The summed E-state index contributed by atoms with van der Waals surface area (Å²) < 4.78 is 10.9. The summed E-state index contributed by atoms with van der Waals surface area (Å²) in [5.74, 6) is 1.31. The van der Waals surface area contributed by atoms with Crippen molar-refractivity contribution in [1.29, 1.82) is 0 Å². The van der Waals surface area contributed by atoms with Crippen molar-refractivity contribution in [3.8, 4) is 0 Å². The van der Waals surface area contributed by atoms with Crippen molar-refractivity contribution in [2.24, 2.45) is 5.73 Å². The van der Waals surface area contributed by atoms with Crippen LogP contribution in [0.4, 0.5) is 0 Å². The fourth-order valence-corrected chi connectivity index (χ4v) is 2.03. The van der Waals surface area contributed by atoms with Crippen molar-refractivity contribution in [3.05, 3.63) is 59.2 Å². The van der Waals surface area contributed by atoms with Gasteiger partial charge in [-0.1, -0.05) is 23.7 Å². The van der Waals surface area contributed by atoms with Gasteiger partial charge in [-0.25, -0.2) is 0 Å². The van der Waals surface area contributed by atoms with E-state index in [0.29, 0.717) is 22.1 Å². The summed E-state index contributed by atoms with van der Waals surface area (Å²) in [5.41, 5.74) is 6.70. The fraction of sp³-hybridized carbons (Fsp3) is 0.0769. The van der Waals surface area contributed by atoms with Crippen molar-refractivity contribution in [3.63, 3.8) is 0 Å². The van der Waals surface area contributed by atoms with E-state index in [0.717, 1.165) is 5.39 Å². The molecule has 3 rings (SSSR count). The number of benzene rings is 1. The number of para-hydroxylation sites is 1. The Balaban J connectivity index is 2.10. The number of nitrogens with two attached hydrogens (primary N) is 1. The Kier molecular flexibility index (Phi) is 2.42. The van der Waals surface area contributed by atoms with Crippen molar-refractivity contribution in [2.75, 3.05) is 0 Å². The number of halogens is 1. The lowest BCUT2D eigenvalue weighted by molar-refractivity contribution is 0.445. The molecule has 1 atom stereocenters. The van der Waals surface area contributed by atoms with Crippen molar-refractivity contribution < 1.29 is 8.83 Å². The number of hydrogen-bond acceptors (Lipinski definition) is 3. The van der Waals surface area contributed by atoms with Crippen molar-refractivity contribution in [1.82, 2.24) is 0 Å². The van der Waals surface area contributed by atoms with Gasteiger partial charge in [0, 0.05) is 5.39 Å². The van der Waals surface area contributed by atoms with Crippen LogP contribution in [0.15, 0.2) is 51.5 Å². The average molecular weight is 248 g/mol. The van der Waals surface area contributed by atoms with Crippen LogP contribution in [0.2, 0.25) is 5.02 Å². The molecule has 0 aliphatic rings. The summed E-state index contributed by atoms with van der Waals surface area (Å²) in [4.78, 5) is 0. The largest absolute Gasteiger partial charge is 0.467 e. The van der Waals surface area contributed by atoms with E-state index in [1.54, 1.807) is 18.4 Å². The van der Waals surface area contributed by atoms with Gasteiger partial charge in [-0.3, -0.25) is 0 Å². The number of hydrogen-bond donors (Lipinski definition) is 1. The van der Waals surface area contributed by atoms with E-state index in [1.165, 1.54) is 0 Å². The molecule has 2 aromatic heterocycles. The van der Waals surface area contributed by atoms with Gasteiger partial charge in [0.1, 0.15) is 17.6 Å². The lowest BCUT2D eigenvalue weighted by Crippen LogP contribution is -2.09. The van der Waals surface area contributed by atoms with Crippen LogP contribution in [0.1, 0.15) is 17.6 Å². The number of rotatable bonds is 2. The minimum atomic E-state index is -0.409. The maximum Gasteiger partial charge on any atom is 0.152 e. The van der Waals surface area contributed by atoms with Crippen LogP contribution < -0.4 is 5.73 Å². The van der Waals surface area contributed by atoms with Gasteiger partial charge in [0.2, 0.25) is 0 Å². The molecule has 1 aromatic carbocycles. The predicted molar refractivity (Wildman–Crippen MR) is 66.0 cm³/mol. The molecule has 0 saturated heterocycles. The summed E-state index contributed by atoms with van der Waals surface area (Å²) in [5, 5.41) is 1.52. The van der Waals surface area contributed by atoms with Gasteiger partial charge in [-0.15, -0.1) is 0 Å². The third-order valence-corrected chi connectivity index (χ3v) is 2.97. The zero-order valence-corrected chi connectivity index (χ0v) is 9.65. The van der Waals surface area contributed by atoms with Gasteiger partial charge in [0.15, 0.2) is 5.58 Å². The van der Waals surface area contributed by atoms with Crippen LogP contribution in [0.5, 0.6) is 0 Å². The lowest BCUT2D eigenvalue weighted by atomic mass is 10.1. The van der Waals surface area contributed by atoms with Crippen LogP contribution in [0.3, 0.4) is 0 Å². The first-order valence-corrected chi connectivity index (χ1v) is 5.60. The molecule has 4 heteroatoms. The van der Waals surface area contributed by atoms with E-state index < -0.39 is 6.04 Å². The Bertz CT molecular complexity index is 643. The maximum absolute atomic E-state index is 6.04. The molecule has 2 heterocycles. The quantitative estimate of drug-likeness (QED) is 0.751. The van der Waals surface area contributed by atoms with E-state index in [1.807, 2.05) is 24.3 Å². The van der Waals surface area contributed by atoms with Crippen LogP contribution in [-0.4, -0.2) is 0 Å². The van der Waals surface area contributed by atoms with E-state index in [9.17, 15) is 0 Å². The van der Waals surface area contributed by atoms with Gasteiger partial charge >= 0.3 is 0 Å². The molecular formula is C13H10ClNO2. The molecule has 0 radical (unpaired) electrons. The molecule has 3 aromatic rings. The van der Waals surface area contributed by atoms with Crippen LogP contribution in [0.25, 0.3) is 11.0 Å². The van der Waals surface area contributed by atoms with Gasteiger partial charge < -0.3 is 14.6 Å². The molecule has 0 fully saturated rings. The van der Waals surface area contributed by atoms with Crippen LogP contribution in [-0.2, 0) is 0 Å². The van der Waals surface area contributed by atoms with Crippen molar-refractivity contribution >= 4 is 22.6 Å². The van der Waals surface area contributed by atoms with Crippen LogP contribution >= 0.6 is 11.6 Å². The topological polar surface area (TPSA) is 52.3 Å². The minimum absolute atomic E-state index is 0.409. The Hall–Kier alpha value is -1.71. The first kappa shape index (κ1) is 10.4. The van der Waals surface area contributed by atoms with Gasteiger partial charge in [-0.05, 0) is 24.3 Å². The molecular weight excluding hydrogens is 238 g/mol. The normalized spacial score (nSPS) is 13.1. The van der Waals surface area contributed by atoms with Gasteiger partial charge in [-0.2, -0.15) is 0 Å². The number of fused-ring (bicyclic) bond motifs is 1. The van der Waals surface area contributed by atoms with Crippen LogP contribution in [0, 0.1) is 0 Å². The zero-order chi connectivity index (χ0) is 11.8. The molecule has 0 spiro atoms. The second-order valence-corrected chi connectivity index (χ2v) is 4.21. The maximum atomic E-state index is 6.04. The minimum Gasteiger partial charge on any atom is -0.467 e. The Morgan fingerprint density at radius 1 is 1.12 bits per heavy atom.